The van der Waals surface area contributed by atoms with Crippen molar-refractivity contribution in [2.24, 2.45) is 5.92 Å². The molecule has 21 heavy (non-hydrogen) atoms. The molecule has 0 saturated carbocycles. The molecule has 2 rings (SSSR count). The molecule has 1 aliphatic rings. The van der Waals surface area contributed by atoms with E-state index in [4.69, 9.17) is 5.11 Å². The largest absolute Gasteiger partial charge is 0.481 e. The summed E-state index contributed by atoms with van der Waals surface area (Å²) in [7, 11) is 0. The Kier molecular flexibility index (Phi) is 4.88. The second kappa shape index (κ2) is 6.65. The predicted octanol–water partition coefficient (Wildman–Crippen LogP) is 1.93. The highest BCUT2D eigenvalue weighted by molar-refractivity contribution is 5.93. The quantitative estimate of drug-likeness (QED) is 0.916. The number of aromatic nitrogens is 2. The topological polar surface area (TPSA) is 83.4 Å². The van der Waals surface area contributed by atoms with Gasteiger partial charge in [0.2, 0.25) is 0 Å². The van der Waals surface area contributed by atoms with Crippen LogP contribution < -0.4 is 0 Å². The van der Waals surface area contributed by atoms with E-state index in [9.17, 15) is 9.59 Å². The van der Waals surface area contributed by atoms with Gasteiger partial charge in [0, 0.05) is 37.8 Å². The van der Waals surface area contributed by atoms with Gasteiger partial charge in [0.25, 0.3) is 5.91 Å². The molecule has 2 heterocycles. The van der Waals surface area contributed by atoms with Crippen molar-refractivity contribution in [1.29, 1.82) is 0 Å². The molecule has 0 bridgehead atoms. The van der Waals surface area contributed by atoms with E-state index in [0.717, 1.165) is 18.7 Å². The van der Waals surface area contributed by atoms with Crippen LogP contribution >= 0.6 is 0 Å². The van der Waals surface area contributed by atoms with Crippen molar-refractivity contribution in [3.8, 4) is 0 Å². The Morgan fingerprint density at radius 2 is 1.86 bits per heavy atom. The van der Waals surface area contributed by atoms with Crippen LogP contribution in [0.2, 0.25) is 0 Å². The van der Waals surface area contributed by atoms with Gasteiger partial charge in [-0.15, -0.1) is 0 Å². The van der Waals surface area contributed by atoms with Crippen molar-refractivity contribution in [3.05, 3.63) is 23.8 Å². The van der Waals surface area contributed by atoms with Crippen LogP contribution in [0.3, 0.4) is 0 Å². The number of rotatable bonds is 4. The Balaban J connectivity index is 1.94. The third-order valence-corrected chi connectivity index (χ3v) is 3.80. The summed E-state index contributed by atoms with van der Waals surface area (Å²) in [5.74, 6) is 0.301. The summed E-state index contributed by atoms with van der Waals surface area (Å²) in [6.07, 6.45) is 4.82. The van der Waals surface area contributed by atoms with Crippen LogP contribution in [0.5, 0.6) is 0 Å². The van der Waals surface area contributed by atoms with E-state index >= 15 is 0 Å². The van der Waals surface area contributed by atoms with Crippen molar-refractivity contribution in [3.63, 3.8) is 0 Å². The van der Waals surface area contributed by atoms with Gasteiger partial charge in [-0.1, -0.05) is 13.8 Å². The normalized spacial score (nSPS) is 16.2. The first kappa shape index (κ1) is 15.4. The molecular formula is C15H21N3O3. The van der Waals surface area contributed by atoms with Crippen LogP contribution in [-0.4, -0.2) is 44.9 Å². The van der Waals surface area contributed by atoms with E-state index in [1.165, 1.54) is 0 Å². The molecule has 1 N–H and O–H groups in total. The van der Waals surface area contributed by atoms with E-state index in [0.29, 0.717) is 18.7 Å². The second-order valence-corrected chi connectivity index (χ2v) is 5.82. The van der Waals surface area contributed by atoms with E-state index in [1.54, 1.807) is 17.3 Å². The number of carbonyl (C=O) groups is 2. The lowest BCUT2D eigenvalue weighted by molar-refractivity contribution is -0.138. The molecular weight excluding hydrogens is 270 g/mol. The Labute approximate surface area is 124 Å². The zero-order valence-corrected chi connectivity index (χ0v) is 12.5. The smallest absolute Gasteiger partial charge is 0.303 e. The molecule has 0 spiro atoms. The highest BCUT2D eigenvalue weighted by atomic mass is 16.4. The number of aliphatic carboxylic acids is 1. The molecule has 0 aromatic carbocycles. The summed E-state index contributed by atoms with van der Waals surface area (Å²) in [6, 6.07) is 0. The van der Waals surface area contributed by atoms with Crippen molar-refractivity contribution >= 4 is 11.9 Å². The highest BCUT2D eigenvalue weighted by Crippen LogP contribution is 2.21. The molecule has 1 aromatic rings. The molecule has 0 aliphatic carbocycles. The fraction of sp³-hybridized carbons (Fsp3) is 0.600. The standard InChI is InChI=1S/C15H21N3O3/c1-10(2)14-16-8-12(9-17-14)15(21)18-5-3-11(4-6-18)7-13(19)20/h8-11H,3-7H2,1-2H3,(H,19,20). The average Bonchev–Trinajstić information content (AvgIpc) is 2.47. The Morgan fingerprint density at radius 3 is 2.33 bits per heavy atom. The number of carbonyl (C=O) groups excluding carboxylic acids is 1. The maximum absolute atomic E-state index is 12.3. The third-order valence-electron chi connectivity index (χ3n) is 3.80. The lowest BCUT2D eigenvalue weighted by Crippen LogP contribution is -2.39. The molecule has 1 aromatic heterocycles. The monoisotopic (exact) mass is 291 g/mol. The molecule has 6 heteroatoms. The van der Waals surface area contributed by atoms with Crippen molar-refractivity contribution < 1.29 is 14.7 Å². The summed E-state index contributed by atoms with van der Waals surface area (Å²) in [5.41, 5.74) is 0.496. The summed E-state index contributed by atoms with van der Waals surface area (Å²) < 4.78 is 0. The highest BCUT2D eigenvalue weighted by Gasteiger charge is 2.25. The van der Waals surface area contributed by atoms with Gasteiger partial charge in [0.15, 0.2) is 0 Å². The summed E-state index contributed by atoms with van der Waals surface area (Å²) in [4.78, 5) is 33.2. The van der Waals surface area contributed by atoms with Crippen LogP contribution in [-0.2, 0) is 4.79 Å². The molecule has 0 unspecified atom stereocenters. The van der Waals surface area contributed by atoms with Crippen molar-refractivity contribution in [2.75, 3.05) is 13.1 Å². The summed E-state index contributed by atoms with van der Waals surface area (Å²) >= 11 is 0. The number of amides is 1. The van der Waals surface area contributed by atoms with E-state index in [-0.39, 0.29) is 24.2 Å². The van der Waals surface area contributed by atoms with E-state index in [2.05, 4.69) is 9.97 Å². The first-order valence-electron chi connectivity index (χ1n) is 7.30. The number of hydrogen-bond donors (Lipinski definition) is 1. The number of piperidine rings is 1. The van der Waals surface area contributed by atoms with Gasteiger partial charge in [-0.25, -0.2) is 9.97 Å². The van der Waals surface area contributed by atoms with Crippen molar-refractivity contribution in [2.45, 2.75) is 39.0 Å². The van der Waals surface area contributed by atoms with Crippen molar-refractivity contribution in [1.82, 2.24) is 14.9 Å². The van der Waals surface area contributed by atoms with E-state index in [1.807, 2.05) is 13.8 Å². The molecule has 114 valence electrons. The fourth-order valence-electron chi connectivity index (χ4n) is 2.52. The molecule has 1 aliphatic heterocycles. The van der Waals surface area contributed by atoms with Crippen LogP contribution in [0.15, 0.2) is 12.4 Å². The van der Waals surface area contributed by atoms with Crippen LogP contribution in [0, 0.1) is 5.92 Å². The van der Waals surface area contributed by atoms with E-state index < -0.39 is 5.97 Å². The summed E-state index contributed by atoms with van der Waals surface area (Å²) in [5, 5.41) is 8.79. The van der Waals surface area contributed by atoms with Gasteiger partial charge < -0.3 is 10.0 Å². The summed E-state index contributed by atoms with van der Waals surface area (Å²) in [6.45, 7) is 5.21. The number of carboxylic acids is 1. The number of carboxylic acid groups (broad SMARTS) is 1. The van der Waals surface area contributed by atoms with Gasteiger partial charge in [-0.05, 0) is 18.8 Å². The number of nitrogens with zero attached hydrogens (tertiary/aromatic N) is 3. The first-order valence-corrected chi connectivity index (χ1v) is 7.30. The number of hydrogen-bond acceptors (Lipinski definition) is 4. The molecule has 0 radical (unpaired) electrons. The first-order chi connectivity index (χ1) is 9.97. The molecule has 1 saturated heterocycles. The molecule has 6 nitrogen and oxygen atoms in total. The van der Waals surface area contributed by atoms with Crippen LogP contribution in [0.4, 0.5) is 0 Å². The van der Waals surface area contributed by atoms with Gasteiger partial charge >= 0.3 is 5.97 Å². The lowest BCUT2D eigenvalue weighted by Gasteiger charge is -2.31. The fourth-order valence-corrected chi connectivity index (χ4v) is 2.52. The van der Waals surface area contributed by atoms with Gasteiger partial charge in [0.05, 0.1) is 5.56 Å². The SMILES string of the molecule is CC(C)c1ncc(C(=O)N2CCC(CC(=O)O)CC2)cn1. The minimum atomic E-state index is -0.766. The van der Waals surface area contributed by atoms with Gasteiger partial charge in [0.1, 0.15) is 5.82 Å². The third kappa shape index (κ3) is 4.00. The number of likely N-dealkylation sites (tertiary alicyclic amines) is 1. The minimum absolute atomic E-state index is 0.0703. The molecule has 1 fully saturated rings. The van der Waals surface area contributed by atoms with Gasteiger partial charge in [-0.2, -0.15) is 0 Å². The zero-order chi connectivity index (χ0) is 15.4. The maximum atomic E-state index is 12.3. The Morgan fingerprint density at radius 1 is 1.29 bits per heavy atom. The maximum Gasteiger partial charge on any atom is 0.303 e. The van der Waals surface area contributed by atoms with Gasteiger partial charge in [-0.3, -0.25) is 9.59 Å². The Hall–Kier alpha value is -1.98. The van der Waals surface area contributed by atoms with Crippen LogP contribution in [0.1, 0.15) is 55.2 Å². The molecule has 1 amide bonds. The zero-order valence-electron chi connectivity index (χ0n) is 12.5. The average molecular weight is 291 g/mol. The minimum Gasteiger partial charge on any atom is -0.481 e. The second-order valence-electron chi connectivity index (χ2n) is 5.82. The van der Waals surface area contributed by atoms with Crippen LogP contribution in [0.25, 0.3) is 0 Å². The Bertz CT molecular complexity index is 505. The molecule has 0 atom stereocenters. The lowest BCUT2D eigenvalue weighted by atomic mass is 9.93. The predicted molar refractivity (Wildman–Crippen MR) is 77.0 cm³/mol.